The van der Waals surface area contributed by atoms with Gasteiger partial charge in [0.25, 0.3) is 0 Å². The first kappa shape index (κ1) is 18.8. The van der Waals surface area contributed by atoms with E-state index in [1.165, 1.54) is 0 Å². The number of ether oxygens (including phenoxy) is 1. The number of piperidine rings is 1. The molecule has 2 fully saturated rings. The minimum atomic E-state index is -3.08. The molecular weight excluding hydrogens is 338 g/mol. The summed E-state index contributed by atoms with van der Waals surface area (Å²) in [6.45, 7) is 5.42. The second-order valence-electron chi connectivity index (χ2n) is 7.42. The first-order valence-electron chi connectivity index (χ1n) is 9.12. The molecule has 0 N–H and O–H groups in total. The van der Waals surface area contributed by atoms with Gasteiger partial charge in [-0.15, -0.1) is 0 Å². The molecule has 0 unspecified atom stereocenters. The number of likely N-dealkylation sites (N-methyl/N-ethyl adjacent to an activating group) is 1. The van der Waals surface area contributed by atoms with Gasteiger partial charge in [0.1, 0.15) is 0 Å². The Kier molecular flexibility index (Phi) is 5.78. The molecule has 25 heavy (non-hydrogen) atoms. The minimum absolute atomic E-state index is 0.00190. The summed E-state index contributed by atoms with van der Waals surface area (Å²) in [5.41, 5.74) is 0.948. The monoisotopic (exact) mass is 367 g/mol. The largest absolute Gasteiger partial charge is 0.375 e. The maximum Gasteiger partial charge on any atom is 0.214 e. The summed E-state index contributed by atoms with van der Waals surface area (Å²) in [6, 6.07) is 5.84. The maximum absolute atomic E-state index is 12.2. The molecule has 0 aromatic carbocycles. The van der Waals surface area contributed by atoms with E-state index in [0.717, 1.165) is 25.1 Å². The quantitative estimate of drug-likeness (QED) is 0.734. The van der Waals surface area contributed by atoms with Crippen LogP contribution in [0.2, 0.25) is 0 Å². The molecule has 0 radical (unpaired) electrons. The van der Waals surface area contributed by atoms with E-state index >= 15 is 0 Å². The van der Waals surface area contributed by atoms with E-state index in [1.54, 1.807) is 10.5 Å². The lowest BCUT2D eigenvalue weighted by Crippen LogP contribution is -2.72. The molecule has 2 aliphatic heterocycles. The molecule has 1 aromatic heterocycles. The molecule has 2 saturated heterocycles. The van der Waals surface area contributed by atoms with E-state index < -0.39 is 10.0 Å². The summed E-state index contributed by atoms with van der Waals surface area (Å²) < 4.78 is 32.0. The summed E-state index contributed by atoms with van der Waals surface area (Å²) in [5.74, 6) is 0.736. The highest BCUT2D eigenvalue weighted by Crippen LogP contribution is 2.39. The number of hydrogen-bond donors (Lipinski definition) is 0. The Morgan fingerprint density at radius 2 is 2.16 bits per heavy atom. The average molecular weight is 368 g/mol. The normalized spacial score (nSPS) is 24.3. The Morgan fingerprint density at radius 3 is 2.84 bits per heavy atom. The third-order valence-electron chi connectivity index (χ3n) is 5.48. The number of nitrogens with zero attached hydrogens (tertiary/aromatic N) is 3. The number of hydrogen-bond acceptors (Lipinski definition) is 5. The fourth-order valence-electron chi connectivity index (χ4n) is 3.93. The van der Waals surface area contributed by atoms with E-state index in [-0.39, 0.29) is 11.3 Å². The Balaban J connectivity index is 1.51. The molecule has 1 aromatic rings. The van der Waals surface area contributed by atoms with Gasteiger partial charge in [0, 0.05) is 24.8 Å². The van der Waals surface area contributed by atoms with Crippen molar-refractivity contribution in [1.29, 1.82) is 0 Å². The van der Waals surface area contributed by atoms with Crippen molar-refractivity contribution in [3.8, 4) is 0 Å². The molecule has 1 atom stereocenters. The summed E-state index contributed by atoms with van der Waals surface area (Å²) in [4.78, 5) is 6.62. The third-order valence-corrected chi connectivity index (χ3v) is 7.45. The molecule has 6 nitrogen and oxygen atoms in total. The molecule has 0 saturated carbocycles. The van der Waals surface area contributed by atoms with Crippen molar-refractivity contribution >= 4 is 10.0 Å². The summed E-state index contributed by atoms with van der Waals surface area (Å²) in [5, 5.41) is 0. The molecule has 0 aliphatic carbocycles. The van der Waals surface area contributed by atoms with Crippen LogP contribution in [0.3, 0.4) is 0 Å². The Labute approximate surface area is 151 Å². The molecule has 2 aliphatic rings. The Morgan fingerprint density at radius 1 is 1.36 bits per heavy atom. The molecule has 0 amide bonds. The zero-order chi connectivity index (χ0) is 17.9. The Hall–Kier alpha value is -1.02. The molecular formula is C18H29N3O3S. The van der Waals surface area contributed by atoms with Crippen LogP contribution in [-0.2, 0) is 21.4 Å². The van der Waals surface area contributed by atoms with E-state index in [9.17, 15) is 8.42 Å². The molecule has 1 spiro atoms. The zero-order valence-corrected chi connectivity index (χ0v) is 16.0. The lowest BCUT2D eigenvalue weighted by molar-refractivity contribution is -0.0602. The van der Waals surface area contributed by atoms with Crippen molar-refractivity contribution in [3.63, 3.8) is 0 Å². The van der Waals surface area contributed by atoms with Gasteiger partial charge in [-0.2, -0.15) is 4.31 Å². The second kappa shape index (κ2) is 7.70. The van der Waals surface area contributed by atoms with Crippen LogP contribution in [0, 0.1) is 5.92 Å². The minimum Gasteiger partial charge on any atom is -0.375 e. The molecule has 7 heteroatoms. The van der Waals surface area contributed by atoms with Crippen molar-refractivity contribution < 1.29 is 13.2 Å². The van der Waals surface area contributed by atoms with Crippen LogP contribution in [0.1, 0.15) is 31.9 Å². The summed E-state index contributed by atoms with van der Waals surface area (Å²) >= 11 is 0. The fraction of sp³-hybridized carbons (Fsp3) is 0.722. The predicted molar refractivity (Wildman–Crippen MR) is 97.6 cm³/mol. The number of sulfonamides is 1. The first-order chi connectivity index (χ1) is 12.0. The molecule has 140 valence electrons. The van der Waals surface area contributed by atoms with Gasteiger partial charge < -0.3 is 4.74 Å². The lowest BCUT2D eigenvalue weighted by atomic mass is 9.77. The smallest absolute Gasteiger partial charge is 0.214 e. The Bertz CT molecular complexity index is 659. The van der Waals surface area contributed by atoms with Gasteiger partial charge >= 0.3 is 0 Å². The van der Waals surface area contributed by atoms with Crippen LogP contribution in [-0.4, -0.2) is 67.2 Å². The maximum atomic E-state index is 12.2. The van der Waals surface area contributed by atoms with Crippen molar-refractivity contribution in [2.24, 2.45) is 5.92 Å². The van der Waals surface area contributed by atoms with Gasteiger partial charge in [-0.05, 0) is 50.9 Å². The zero-order valence-electron chi connectivity index (χ0n) is 15.2. The number of aromatic nitrogens is 1. The number of rotatable bonds is 7. The van der Waals surface area contributed by atoms with Gasteiger partial charge in [0.2, 0.25) is 10.0 Å². The SMILES string of the molecule is CCCS(=O)(=O)N1CC2(C[C@@H](COCc3ccccn3)CCN2C)C1. The standard InChI is InChI=1S/C18H29N3O3S/c1-3-10-25(22,23)21-14-18(15-21)11-16(7-9-20(18)2)12-24-13-17-6-4-5-8-19-17/h4-6,8,16H,3,7,9-15H2,1-2H3/t16-/m0/s1. The van der Waals surface area contributed by atoms with Crippen LogP contribution < -0.4 is 0 Å². The molecule has 0 bridgehead atoms. The van der Waals surface area contributed by atoms with Crippen molar-refractivity contribution in [1.82, 2.24) is 14.2 Å². The van der Waals surface area contributed by atoms with E-state index in [2.05, 4.69) is 16.9 Å². The highest BCUT2D eigenvalue weighted by atomic mass is 32.2. The average Bonchev–Trinajstić information content (AvgIpc) is 2.55. The molecule has 3 heterocycles. The summed E-state index contributed by atoms with van der Waals surface area (Å²) in [7, 11) is -0.956. The van der Waals surface area contributed by atoms with Gasteiger partial charge in [0.15, 0.2) is 0 Å². The van der Waals surface area contributed by atoms with Gasteiger partial charge in [-0.1, -0.05) is 13.0 Å². The van der Waals surface area contributed by atoms with Gasteiger partial charge in [-0.25, -0.2) is 8.42 Å². The van der Waals surface area contributed by atoms with E-state index in [0.29, 0.717) is 38.6 Å². The predicted octanol–water partition coefficient (Wildman–Crippen LogP) is 1.73. The third kappa shape index (κ3) is 4.22. The topological polar surface area (TPSA) is 62.7 Å². The molecule has 3 rings (SSSR count). The van der Waals surface area contributed by atoms with Gasteiger partial charge in [-0.3, -0.25) is 9.88 Å². The van der Waals surface area contributed by atoms with E-state index in [1.807, 2.05) is 25.1 Å². The van der Waals surface area contributed by atoms with Crippen LogP contribution in [0.15, 0.2) is 24.4 Å². The van der Waals surface area contributed by atoms with Crippen LogP contribution in [0.25, 0.3) is 0 Å². The fourth-order valence-corrected chi connectivity index (χ4v) is 5.58. The van der Waals surface area contributed by atoms with Crippen LogP contribution in [0.5, 0.6) is 0 Å². The highest BCUT2D eigenvalue weighted by molar-refractivity contribution is 7.89. The van der Waals surface area contributed by atoms with Crippen molar-refractivity contribution in [2.75, 3.05) is 39.0 Å². The van der Waals surface area contributed by atoms with Gasteiger partial charge in [0.05, 0.1) is 24.7 Å². The number of pyridine rings is 1. The van der Waals surface area contributed by atoms with Crippen LogP contribution >= 0.6 is 0 Å². The summed E-state index contributed by atoms with van der Waals surface area (Å²) in [6.07, 6.45) is 4.56. The van der Waals surface area contributed by atoms with Crippen molar-refractivity contribution in [3.05, 3.63) is 30.1 Å². The van der Waals surface area contributed by atoms with E-state index in [4.69, 9.17) is 4.74 Å². The lowest BCUT2D eigenvalue weighted by Gasteiger charge is -2.57. The second-order valence-corrected chi connectivity index (χ2v) is 9.51. The van der Waals surface area contributed by atoms with Crippen LogP contribution in [0.4, 0.5) is 0 Å². The first-order valence-corrected chi connectivity index (χ1v) is 10.7. The number of likely N-dealkylation sites (tertiary alicyclic amines) is 1. The van der Waals surface area contributed by atoms with Crippen molar-refractivity contribution in [2.45, 2.75) is 38.3 Å². The highest BCUT2D eigenvalue weighted by Gasteiger charge is 2.52.